The van der Waals surface area contributed by atoms with E-state index in [-0.39, 0.29) is 18.4 Å². The maximum absolute atomic E-state index is 12.4. The van der Waals surface area contributed by atoms with E-state index in [0.717, 1.165) is 24.8 Å². The Bertz CT molecular complexity index is 509. The largest absolute Gasteiger partial charge is 0.481 e. The number of carbonyl (C=O) groups excluding carboxylic acids is 1. The number of rotatable bonds is 6. The third kappa shape index (κ3) is 4.06. The highest BCUT2D eigenvalue weighted by molar-refractivity contribution is 7.10. The van der Waals surface area contributed by atoms with Crippen LogP contribution in [0, 0.1) is 11.8 Å². The van der Waals surface area contributed by atoms with Gasteiger partial charge in [0, 0.05) is 11.4 Å². The number of aryl methyl sites for hydroxylation is 1. The van der Waals surface area contributed by atoms with Crippen molar-refractivity contribution in [1.82, 2.24) is 5.32 Å². The van der Waals surface area contributed by atoms with Crippen molar-refractivity contribution in [3.63, 3.8) is 0 Å². The molecular weight excluding hydrogens is 286 g/mol. The van der Waals surface area contributed by atoms with Gasteiger partial charge in [0.1, 0.15) is 0 Å². The summed E-state index contributed by atoms with van der Waals surface area (Å²) in [5, 5.41) is 14.1. The van der Waals surface area contributed by atoms with Gasteiger partial charge in [-0.15, -0.1) is 11.3 Å². The zero-order valence-electron chi connectivity index (χ0n) is 12.6. The van der Waals surface area contributed by atoms with Crippen LogP contribution in [0.25, 0.3) is 0 Å². The van der Waals surface area contributed by atoms with E-state index in [1.165, 1.54) is 4.88 Å². The molecule has 2 unspecified atom stereocenters. The van der Waals surface area contributed by atoms with E-state index < -0.39 is 11.9 Å². The molecule has 2 rings (SSSR count). The summed E-state index contributed by atoms with van der Waals surface area (Å²) in [6.07, 6.45) is 3.53. The highest BCUT2D eigenvalue weighted by atomic mass is 32.1. The van der Waals surface area contributed by atoms with Crippen LogP contribution in [0.5, 0.6) is 0 Å². The second kappa shape index (κ2) is 7.07. The van der Waals surface area contributed by atoms with Gasteiger partial charge in [0.15, 0.2) is 0 Å². The summed E-state index contributed by atoms with van der Waals surface area (Å²) >= 11 is 1.71. The van der Waals surface area contributed by atoms with Crippen LogP contribution in [0.3, 0.4) is 0 Å². The SMILES string of the molecule is CC(C)CC(CNC(=O)C1CCCc2sccc21)C(=O)O. The number of aliphatic carboxylic acids is 1. The Hall–Kier alpha value is -1.36. The van der Waals surface area contributed by atoms with Gasteiger partial charge in [-0.1, -0.05) is 13.8 Å². The van der Waals surface area contributed by atoms with E-state index in [0.29, 0.717) is 12.3 Å². The zero-order valence-corrected chi connectivity index (χ0v) is 13.4. The summed E-state index contributed by atoms with van der Waals surface area (Å²) in [5.41, 5.74) is 1.14. The Morgan fingerprint density at radius 2 is 2.24 bits per heavy atom. The number of carboxylic acids is 1. The first kappa shape index (κ1) is 16.0. The molecule has 21 heavy (non-hydrogen) atoms. The standard InChI is InChI=1S/C16H23NO3S/c1-10(2)8-11(16(19)20)9-17-15(18)13-4-3-5-14-12(13)6-7-21-14/h6-7,10-11,13H,3-5,8-9H2,1-2H3,(H,17,18)(H,19,20). The second-order valence-corrected chi connectivity index (χ2v) is 7.15. The van der Waals surface area contributed by atoms with Gasteiger partial charge in [0.05, 0.1) is 11.8 Å². The molecule has 0 radical (unpaired) electrons. The van der Waals surface area contributed by atoms with Crippen molar-refractivity contribution in [1.29, 1.82) is 0 Å². The highest BCUT2D eigenvalue weighted by Crippen LogP contribution is 2.35. The number of thiophene rings is 1. The van der Waals surface area contributed by atoms with E-state index in [4.69, 9.17) is 0 Å². The van der Waals surface area contributed by atoms with Crippen LogP contribution < -0.4 is 5.32 Å². The molecular formula is C16H23NO3S. The monoisotopic (exact) mass is 309 g/mol. The number of nitrogens with one attached hydrogen (secondary N) is 1. The van der Waals surface area contributed by atoms with Crippen LogP contribution >= 0.6 is 11.3 Å². The molecule has 0 bridgehead atoms. The molecule has 116 valence electrons. The molecule has 1 aromatic heterocycles. The summed E-state index contributed by atoms with van der Waals surface area (Å²) in [4.78, 5) is 24.9. The minimum Gasteiger partial charge on any atom is -0.481 e. The summed E-state index contributed by atoms with van der Waals surface area (Å²) in [7, 11) is 0. The van der Waals surface area contributed by atoms with E-state index in [1.807, 2.05) is 25.3 Å². The lowest BCUT2D eigenvalue weighted by Crippen LogP contribution is -2.37. The number of hydrogen-bond donors (Lipinski definition) is 2. The van der Waals surface area contributed by atoms with Gasteiger partial charge in [-0.05, 0) is 48.6 Å². The van der Waals surface area contributed by atoms with Crippen molar-refractivity contribution in [2.24, 2.45) is 11.8 Å². The van der Waals surface area contributed by atoms with Gasteiger partial charge in [-0.25, -0.2) is 0 Å². The fraction of sp³-hybridized carbons (Fsp3) is 0.625. The number of fused-ring (bicyclic) bond motifs is 1. The number of hydrogen-bond acceptors (Lipinski definition) is 3. The minimum absolute atomic E-state index is 0.0237. The number of carboxylic acid groups (broad SMARTS) is 1. The lowest BCUT2D eigenvalue weighted by molar-refractivity contribution is -0.142. The Kier molecular flexibility index (Phi) is 5.39. The van der Waals surface area contributed by atoms with Crippen molar-refractivity contribution in [2.45, 2.75) is 45.4 Å². The van der Waals surface area contributed by atoms with Gasteiger partial charge in [0.2, 0.25) is 5.91 Å². The zero-order chi connectivity index (χ0) is 15.4. The smallest absolute Gasteiger partial charge is 0.308 e. The Morgan fingerprint density at radius 1 is 1.48 bits per heavy atom. The van der Waals surface area contributed by atoms with Gasteiger partial charge in [0.25, 0.3) is 0 Å². The Labute approximate surface area is 129 Å². The van der Waals surface area contributed by atoms with Crippen molar-refractivity contribution in [3.8, 4) is 0 Å². The summed E-state index contributed by atoms with van der Waals surface area (Å²) < 4.78 is 0. The molecule has 1 heterocycles. The van der Waals surface area contributed by atoms with Crippen LogP contribution in [0.1, 0.15) is 49.5 Å². The average Bonchev–Trinajstić information content (AvgIpc) is 2.90. The molecule has 1 aliphatic carbocycles. The van der Waals surface area contributed by atoms with Crippen molar-refractivity contribution >= 4 is 23.2 Å². The maximum atomic E-state index is 12.4. The van der Waals surface area contributed by atoms with Crippen LogP contribution in [0.2, 0.25) is 0 Å². The summed E-state index contributed by atoms with van der Waals surface area (Å²) in [5.74, 6) is -1.15. The molecule has 0 saturated carbocycles. The van der Waals surface area contributed by atoms with Crippen LogP contribution in [-0.4, -0.2) is 23.5 Å². The summed E-state index contributed by atoms with van der Waals surface area (Å²) in [6.45, 7) is 4.22. The van der Waals surface area contributed by atoms with Crippen LogP contribution in [0.4, 0.5) is 0 Å². The third-order valence-electron chi connectivity index (χ3n) is 4.00. The van der Waals surface area contributed by atoms with Crippen LogP contribution in [0.15, 0.2) is 11.4 Å². The fourth-order valence-electron chi connectivity index (χ4n) is 2.95. The molecule has 5 heteroatoms. The van der Waals surface area contributed by atoms with Gasteiger partial charge >= 0.3 is 5.97 Å². The van der Waals surface area contributed by atoms with Crippen molar-refractivity contribution in [2.75, 3.05) is 6.54 Å². The molecule has 1 aromatic rings. The topological polar surface area (TPSA) is 66.4 Å². The first-order chi connectivity index (χ1) is 9.99. The van der Waals surface area contributed by atoms with E-state index in [9.17, 15) is 14.7 Å². The van der Waals surface area contributed by atoms with E-state index in [1.54, 1.807) is 11.3 Å². The lowest BCUT2D eigenvalue weighted by Gasteiger charge is -2.23. The van der Waals surface area contributed by atoms with Crippen molar-refractivity contribution in [3.05, 3.63) is 21.9 Å². The summed E-state index contributed by atoms with van der Waals surface area (Å²) in [6, 6.07) is 2.03. The third-order valence-corrected chi connectivity index (χ3v) is 4.99. The van der Waals surface area contributed by atoms with E-state index >= 15 is 0 Å². The number of amides is 1. The first-order valence-corrected chi connectivity index (χ1v) is 8.43. The molecule has 4 nitrogen and oxygen atoms in total. The number of carbonyl (C=O) groups is 2. The molecule has 0 spiro atoms. The Balaban J connectivity index is 1.95. The molecule has 0 aliphatic heterocycles. The van der Waals surface area contributed by atoms with Crippen molar-refractivity contribution < 1.29 is 14.7 Å². The molecule has 1 aliphatic rings. The average molecular weight is 309 g/mol. The maximum Gasteiger partial charge on any atom is 0.308 e. The van der Waals surface area contributed by atoms with Gasteiger partial charge in [-0.2, -0.15) is 0 Å². The molecule has 0 saturated heterocycles. The predicted molar refractivity (Wildman–Crippen MR) is 83.6 cm³/mol. The highest BCUT2D eigenvalue weighted by Gasteiger charge is 2.28. The minimum atomic E-state index is -0.830. The Morgan fingerprint density at radius 3 is 2.90 bits per heavy atom. The lowest BCUT2D eigenvalue weighted by atomic mass is 9.87. The fourth-order valence-corrected chi connectivity index (χ4v) is 3.93. The van der Waals surface area contributed by atoms with Crippen LogP contribution in [-0.2, 0) is 16.0 Å². The molecule has 2 N–H and O–H groups in total. The predicted octanol–water partition coefficient (Wildman–Crippen LogP) is 3.03. The molecule has 2 atom stereocenters. The van der Waals surface area contributed by atoms with Gasteiger partial charge < -0.3 is 10.4 Å². The van der Waals surface area contributed by atoms with E-state index in [2.05, 4.69) is 5.32 Å². The second-order valence-electron chi connectivity index (χ2n) is 6.15. The first-order valence-electron chi connectivity index (χ1n) is 7.55. The van der Waals surface area contributed by atoms with Gasteiger partial charge in [-0.3, -0.25) is 9.59 Å². The normalized spacial score (nSPS) is 19.1. The quantitative estimate of drug-likeness (QED) is 0.849. The molecule has 1 amide bonds. The molecule has 0 fully saturated rings. The molecule has 0 aromatic carbocycles.